The number of carbonyl (C=O) groups excluding carboxylic acids is 1. The van der Waals surface area contributed by atoms with E-state index in [2.05, 4.69) is 0 Å². The summed E-state index contributed by atoms with van der Waals surface area (Å²) < 4.78 is 17.5. The number of esters is 1. The van der Waals surface area contributed by atoms with Crippen LogP contribution in [0.25, 0.3) is 0 Å². The molecule has 1 saturated carbocycles. The van der Waals surface area contributed by atoms with Crippen molar-refractivity contribution in [1.29, 1.82) is 0 Å². The fraction of sp³-hybridized carbons (Fsp3) is 0.545. The highest BCUT2D eigenvalue weighted by Crippen LogP contribution is 2.67. The number of aliphatic carboxylic acids is 1. The molecule has 5 rings (SSSR count). The normalized spacial score (nSPS) is 33.6. The SMILES string of the molecule is COc1ccc2c3c1O[C@H]1C(OC(=O)C[C@H](N)C(=O)O)=CC[C@@]4(O)[C@H](CCC[C@]314)C2. The average molecular weight is 415 g/mol. The Morgan fingerprint density at radius 3 is 2.93 bits per heavy atom. The molecule has 4 N–H and O–H groups in total. The first kappa shape index (κ1) is 19.4. The molecule has 8 heteroatoms. The van der Waals surface area contributed by atoms with Gasteiger partial charge in [0.25, 0.3) is 0 Å². The molecule has 0 aromatic heterocycles. The third-order valence-electron chi connectivity index (χ3n) is 7.40. The molecular weight excluding hydrogens is 390 g/mol. The van der Waals surface area contributed by atoms with Crippen molar-refractivity contribution < 1.29 is 34.0 Å². The Balaban J connectivity index is 1.58. The summed E-state index contributed by atoms with van der Waals surface area (Å²) in [6.07, 6.45) is 4.31. The topological polar surface area (TPSA) is 128 Å². The molecule has 1 aromatic rings. The van der Waals surface area contributed by atoms with Gasteiger partial charge in [-0.15, -0.1) is 0 Å². The lowest BCUT2D eigenvalue weighted by Crippen LogP contribution is -2.67. The Kier molecular flexibility index (Phi) is 4.17. The Bertz CT molecular complexity index is 972. The number of hydrogen-bond donors (Lipinski definition) is 3. The molecule has 2 bridgehead atoms. The Hall–Kier alpha value is -2.58. The Morgan fingerprint density at radius 1 is 1.40 bits per heavy atom. The number of carboxylic acids is 1. The summed E-state index contributed by atoms with van der Waals surface area (Å²) in [5, 5.41) is 20.9. The first-order valence-electron chi connectivity index (χ1n) is 10.3. The molecule has 1 fully saturated rings. The molecular formula is C22H25NO7. The smallest absolute Gasteiger partial charge is 0.321 e. The monoisotopic (exact) mass is 415 g/mol. The van der Waals surface area contributed by atoms with Gasteiger partial charge in [-0.2, -0.15) is 0 Å². The van der Waals surface area contributed by atoms with Crippen molar-refractivity contribution in [2.45, 2.75) is 61.7 Å². The zero-order valence-corrected chi connectivity index (χ0v) is 16.7. The lowest BCUT2D eigenvalue weighted by Gasteiger charge is -2.59. The van der Waals surface area contributed by atoms with Crippen LogP contribution in [0.4, 0.5) is 0 Å². The average Bonchev–Trinajstić information content (AvgIpc) is 3.04. The Labute approximate surface area is 173 Å². The molecule has 3 aliphatic carbocycles. The van der Waals surface area contributed by atoms with Gasteiger partial charge in [-0.1, -0.05) is 12.5 Å². The van der Waals surface area contributed by atoms with Crippen LogP contribution >= 0.6 is 0 Å². The van der Waals surface area contributed by atoms with Gasteiger partial charge in [-0.25, -0.2) is 0 Å². The number of nitrogens with two attached hydrogens (primary N) is 1. The first-order valence-corrected chi connectivity index (χ1v) is 10.3. The molecule has 0 unspecified atom stereocenters. The van der Waals surface area contributed by atoms with Crippen molar-refractivity contribution in [2.24, 2.45) is 11.7 Å². The maximum Gasteiger partial charge on any atom is 0.321 e. The lowest BCUT2D eigenvalue weighted by atomic mass is 9.47. The van der Waals surface area contributed by atoms with E-state index < -0.39 is 41.5 Å². The number of benzene rings is 1. The van der Waals surface area contributed by atoms with Crippen molar-refractivity contribution in [3.8, 4) is 11.5 Å². The minimum absolute atomic E-state index is 0.0955. The number of rotatable bonds is 5. The van der Waals surface area contributed by atoms with Crippen LogP contribution in [0.3, 0.4) is 0 Å². The van der Waals surface area contributed by atoms with Crippen molar-refractivity contribution in [1.82, 2.24) is 0 Å². The van der Waals surface area contributed by atoms with Crippen molar-refractivity contribution in [3.63, 3.8) is 0 Å². The summed E-state index contributed by atoms with van der Waals surface area (Å²) in [4.78, 5) is 23.4. The molecule has 8 nitrogen and oxygen atoms in total. The number of methoxy groups -OCH3 is 1. The van der Waals surface area contributed by atoms with E-state index in [9.17, 15) is 14.7 Å². The van der Waals surface area contributed by atoms with E-state index in [0.717, 1.165) is 30.4 Å². The predicted molar refractivity (Wildman–Crippen MR) is 104 cm³/mol. The van der Waals surface area contributed by atoms with Gasteiger partial charge in [0.2, 0.25) is 0 Å². The summed E-state index contributed by atoms with van der Waals surface area (Å²) in [7, 11) is 1.57. The van der Waals surface area contributed by atoms with Crippen LogP contribution < -0.4 is 15.2 Å². The molecule has 0 radical (unpaired) electrons. The number of ether oxygens (including phenoxy) is 3. The van der Waals surface area contributed by atoms with Gasteiger partial charge in [-0.3, -0.25) is 9.59 Å². The summed E-state index contributed by atoms with van der Waals surface area (Å²) in [6.45, 7) is 0. The van der Waals surface area contributed by atoms with Crippen LogP contribution in [-0.4, -0.2) is 47.0 Å². The molecule has 160 valence electrons. The van der Waals surface area contributed by atoms with Crippen molar-refractivity contribution in [3.05, 3.63) is 35.1 Å². The van der Waals surface area contributed by atoms with Gasteiger partial charge in [0, 0.05) is 5.56 Å². The quantitative estimate of drug-likeness (QED) is 0.616. The predicted octanol–water partition coefficient (Wildman–Crippen LogP) is 1.41. The van der Waals surface area contributed by atoms with Crippen molar-refractivity contribution in [2.75, 3.05) is 7.11 Å². The number of hydrogen-bond acceptors (Lipinski definition) is 7. The number of carbonyl (C=O) groups is 2. The van der Waals surface area contributed by atoms with E-state index in [0.29, 0.717) is 30.1 Å². The van der Waals surface area contributed by atoms with E-state index in [1.807, 2.05) is 12.1 Å². The maximum atomic E-state index is 12.4. The van der Waals surface area contributed by atoms with E-state index in [-0.39, 0.29) is 5.92 Å². The molecule has 0 amide bonds. The molecule has 1 heterocycles. The van der Waals surface area contributed by atoms with Gasteiger partial charge in [-0.05, 0) is 49.3 Å². The molecule has 5 atom stereocenters. The minimum Gasteiger partial charge on any atom is -0.493 e. The third kappa shape index (κ3) is 2.34. The van der Waals surface area contributed by atoms with E-state index in [4.69, 9.17) is 25.1 Å². The molecule has 4 aliphatic rings. The van der Waals surface area contributed by atoms with E-state index >= 15 is 0 Å². The van der Waals surface area contributed by atoms with Crippen LogP contribution in [0.5, 0.6) is 11.5 Å². The largest absolute Gasteiger partial charge is 0.493 e. The molecule has 1 aliphatic heterocycles. The summed E-state index contributed by atoms with van der Waals surface area (Å²) in [5.41, 5.74) is 5.88. The third-order valence-corrected chi connectivity index (χ3v) is 7.40. The van der Waals surface area contributed by atoms with Crippen LogP contribution in [0.2, 0.25) is 0 Å². The fourth-order valence-corrected chi connectivity index (χ4v) is 6.12. The molecule has 0 saturated heterocycles. The molecule has 30 heavy (non-hydrogen) atoms. The van der Waals surface area contributed by atoms with Crippen LogP contribution in [-0.2, 0) is 26.2 Å². The summed E-state index contributed by atoms with van der Waals surface area (Å²) >= 11 is 0. The van der Waals surface area contributed by atoms with E-state index in [1.165, 1.54) is 0 Å². The maximum absolute atomic E-state index is 12.4. The van der Waals surface area contributed by atoms with Crippen molar-refractivity contribution >= 4 is 11.9 Å². The zero-order valence-electron chi connectivity index (χ0n) is 16.7. The fourth-order valence-electron chi connectivity index (χ4n) is 6.12. The number of aliphatic hydroxyl groups is 1. The van der Waals surface area contributed by atoms with Gasteiger partial charge in [0.05, 0.1) is 24.5 Å². The lowest BCUT2D eigenvalue weighted by molar-refractivity contribution is -0.160. The summed E-state index contributed by atoms with van der Waals surface area (Å²) in [6, 6.07) is 2.58. The van der Waals surface area contributed by atoms with Gasteiger partial charge in [0.1, 0.15) is 11.8 Å². The minimum atomic E-state index is -1.33. The highest BCUT2D eigenvalue weighted by molar-refractivity contribution is 5.81. The second kappa shape index (κ2) is 6.46. The zero-order chi connectivity index (χ0) is 21.3. The first-order chi connectivity index (χ1) is 14.3. The molecule has 1 spiro atoms. The number of carboxylic acid groups (broad SMARTS) is 1. The van der Waals surface area contributed by atoms with Gasteiger partial charge < -0.3 is 30.2 Å². The second-order valence-corrected chi connectivity index (χ2v) is 8.75. The van der Waals surface area contributed by atoms with Gasteiger partial charge in [0.15, 0.2) is 17.6 Å². The molecule has 1 aromatic carbocycles. The van der Waals surface area contributed by atoms with Crippen LogP contribution in [0.15, 0.2) is 24.0 Å². The van der Waals surface area contributed by atoms with Gasteiger partial charge >= 0.3 is 11.9 Å². The second-order valence-electron chi connectivity index (χ2n) is 8.75. The standard InChI is InChI=1S/C22H25NO7/c1-28-14-5-4-11-9-12-3-2-7-21-17(11)18(14)30-19(21)15(6-8-22(12,21)27)29-16(24)10-13(23)20(25)26/h4-6,12-13,19,27H,2-3,7-10,23H2,1H3,(H,25,26)/t12-,13+,19+,21+,22-/m1/s1. The van der Waals surface area contributed by atoms with Crippen LogP contribution in [0.1, 0.15) is 43.2 Å². The van der Waals surface area contributed by atoms with E-state index in [1.54, 1.807) is 13.2 Å². The highest BCUT2D eigenvalue weighted by Gasteiger charge is 2.70. The Morgan fingerprint density at radius 2 is 2.20 bits per heavy atom. The summed E-state index contributed by atoms with van der Waals surface area (Å²) in [5.74, 6) is -0.397. The highest BCUT2D eigenvalue weighted by atomic mass is 16.6. The van der Waals surface area contributed by atoms with Crippen LogP contribution in [0, 0.1) is 5.92 Å².